The number of amides is 1. The van der Waals surface area contributed by atoms with Gasteiger partial charge in [0.2, 0.25) is 5.91 Å². The Hall–Kier alpha value is -2.51. The third kappa shape index (κ3) is 4.63. The van der Waals surface area contributed by atoms with Gasteiger partial charge >= 0.3 is 5.97 Å². The van der Waals surface area contributed by atoms with E-state index in [1.54, 1.807) is 6.92 Å². The molecule has 1 aromatic carbocycles. The molecular formula is C12H13FN2O5. The summed E-state index contributed by atoms with van der Waals surface area (Å²) in [7, 11) is 0. The number of carbonyl (C=O) groups excluding carboxylic acids is 2. The lowest BCUT2D eigenvalue weighted by molar-refractivity contribution is -0.385. The van der Waals surface area contributed by atoms with Crippen molar-refractivity contribution in [3.05, 3.63) is 34.1 Å². The molecule has 0 unspecified atom stereocenters. The first kappa shape index (κ1) is 15.5. The second-order valence-electron chi connectivity index (χ2n) is 3.77. The first-order valence-electron chi connectivity index (χ1n) is 5.83. The van der Waals surface area contributed by atoms with Gasteiger partial charge in [0.25, 0.3) is 5.69 Å². The van der Waals surface area contributed by atoms with Gasteiger partial charge in [-0.05, 0) is 13.0 Å². The van der Waals surface area contributed by atoms with Crippen molar-refractivity contribution in [2.75, 3.05) is 11.9 Å². The Labute approximate surface area is 113 Å². The second-order valence-corrected chi connectivity index (χ2v) is 3.77. The van der Waals surface area contributed by atoms with Crippen molar-refractivity contribution in [3.63, 3.8) is 0 Å². The highest BCUT2D eigenvalue weighted by Crippen LogP contribution is 2.20. The van der Waals surface area contributed by atoms with Crippen molar-refractivity contribution >= 4 is 23.3 Å². The quantitative estimate of drug-likeness (QED) is 0.489. The largest absolute Gasteiger partial charge is 0.466 e. The molecule has 1 aromatic rings. The molecule has 0 radical (unpaired) electrons. The monoisotopic (exact) mass is 284 g/mol. The van der Waals surface area contributed by atoms with Crippen molar-refractivity contribution in [2.24, 2.45) is 0 Å². The number of non-ortho nitro benzene ring substituents is 1. The molecule has 0 spiro atoms. The SMILES string of the molecule is CCOC(=O)CCC(=O)Nc1ccc([N+](=O)[O-])cc1F. The third-order valence-corrected chi connectivity index (χ3v) is 2.30. The Morgan fingerprint density at radius 2 is 2.10 bits per heavy atom. The maximum atomic E-state index is 13.5. The van der Waals surface area contributed by atoms with Gasteiger partial charge in [-0.25, -0.2) is 4.39 Å². The normalized spacial score (nSPS) is 9.90. The Morgan fingerprint density at radius 3 is 2.65 bits per heavy atom. The molecule has 0 saturated heterocycles. The molecule has 0 aliphatic rings. The maximum absolute atomic E-state index is 13.5. The van der Waals surface area contributed by atoms with Gasteiger partial charge < -0.3 is 10.1 Å². The minimum absolute atomic E-state index is 0.117. The van der Waals surface area contributed by atoms with Crippen LogP contribution in [0, 0.1) is 15.9 Å². The Kier molecular flexibility index (Phi) is 5.57. The lowest BCUT2D eigenvalue weighted by atomic mass is 10.2. The number of nitro benzene ring substituents is 1. The molecule has 0 aliphatic carbocycles. The molecule has 7 nitrogen and oxygen atoms in total. The summed E-state index contributed by atoms with van der Waals surface area (Å²) in [6.07, 6.45) is -0.274. The number of nitro groups is 1. The first-order valence-corrected chi connectivity index (χ1v) is 5.83. The number of rotatable bonds is 6. The van der Waals surface area contributed by atoms with Crippen molar-refractivity contribution in [1.82, 2.24) is 0 Å². The number of esters is 1. The van der Waals surface area contributed by atoms with Crippen LogP contribution in [-0.4, -0.2) is 23.4 Å². The van der Waals surface area contributed by atoms with Crippen LogP contribution in [0.15, 0.2) is 18.2 Å². The molecule has 0 atom stereocenters. The van der Waals surface area contributed by atoms with Crippen LogP contribution >= 0.6 is 0 Å². The molecule has 8 heteroatoms. The third-order valence-electron chi connectivity index (χ3n) is 2.30. The van der Waals surface area contributed by atoms with Crippen LogP contribution in [0.4, 0.5) is 15.8 Å². The number of halogens is 1. The highest BCUT2D eigenvalue weighted by Gasteiger charge is 2.13. The summed E-state index contributed by atoms with van der Waals surface area (Å²) in [5, 5.41) is 12.7. The highest BCUT2D eigenvalue weighted by molar-refractivity contribution is 5.92. The summed E-state index contributed by atoms with van der Waals surface area (Å²) in [5.41, 5.74) is -0.587. The van der Waals surface area contributed by atoms with Gasteiger partial charge in [-0.3, -0.25) is 19.7 Å². The van der Waals surface area contributed by atoms with Crippen LogP contribution in [0.3, 0.4) is 0 Å². The lowest BCUT2D eigenvalue weighted by Crippen LogP contribution is -2.15. The molecule has 0 aliphatic heterocycles. The summed E-state index contributed by atoms with van der Waals surface area (Å²) in [5.74, 6) is -2.01. The molecule has 0 bridgehead atoms. The second kappa shape index (κ2) is 7.17. The number of benzene rings is 1. The fourth-order valence-electron chi connectivity index (χ4n) is 1.38. The fourth-order valence-corrected chi connectivity index (χ4v) is 1.38. The van der Waals surface area contributed by atoms with Crippen LogP contribution in [0.5, 0.6) is 0 Å². The van der Waals surface area contributed by atoms with Crippen LogP contribution in [-0.2, 0) is 14.3 Å². The van der Waals surface area contributed by atoms with E-state index in [1.165, 1.54) is 0 Å². The van der Waals surface area contributed by atoms with Crippen LogP contribution < -0.4 is 5.32 Å². The van der Waals surface area contributed by atoms with E-state index in [0.29, 0.717) is 6.07 Å². The molecule has 1 N–H and O–H groups in total. The number of anilines is 1. The standard InChI is InChI=1S/C12H13FN2O5/c1-2-20-12(17)6-5-11(16)14-10-4-3-8(15(18)19)7-9(10)13/h3-4,7H,2,5-6H2,1H3,(H,14,16). The van der Waals surface area contributed by atoms with Gasteiger partial charge in [-0.2, -0.15) is 0 Å². The predicted octanol–water partition coefficient (Wildman–Crippen LogP) is 2.02. The molecule has 1 rings (SSSR count). The Bertz CT molecular complexity index is 533. The fraction of sp³-hybridized carbons (Fsp3) is 0.333. The minimum Gasteiger partial charge on any atom is -0.466 e. The molecule has 0 saturated carbocycles. The number of carbonyl (C=O) groups is 2. The zero-order valence-corrected chi connectivity index (χ0v) is 10.7. The average molecular weight is 284 g/mol. The van der Waals surface area contributed by atoms with E-state index < -0.39 is 28.3 Å². The van der Waals surface area contributed by atoms with Gasteiger partial charge in [0.05, 0.1) is 29.7 Å². The van der Waals surface area contributed by atoms with Crippen LogP contribution in [0.1, 0.15) is 19.8 Å². The van der Waals surface area contributed by atoms with Crippen molar-refractivity contribution in [2.45, 2.75) is 19.8 Å². The number of hydrogen-bond donors (Lipinski definition) is 1. The molecule has 20 heavy (non-hydrogen) atoms. The van der Waals surface area contributed by atoms with Gasteiger partial charge in [0.15, 0.2) is 5.82 Å². The van der Waals surface area contributed by atoms with Gasteiger partial charge in [-0.1, -0.05) is 0 Å². The van der Waals surface area contributed by atoms with E-state index in [2.05, 4.69) is 10.1 Å². The van der Waals surface area contributed by atoms with Crippen LogP contribution in [0.2, 0.25) is 0 Å². The number of hydrogen-bond acceptors (Lipinski definition) is 5. The zero-order chi connectivity index (χ0) is 15.1. The Balaban J connectivity index is 2.58. The zero-order valence-electron chi connectivity index (χ0n) is 10.7. The van der Waals surface area contributed by atoms with Gasteiger partial charge in [0, 0.05) is 12.5 Å². The van der Waals surface area contributed by atoms with Crippen molar-refractivity contribution < 1.29 is 23.6 Å². The van der Waals surface area contributed by atoms with E-state index in [0.717, 1.165) is 12.1 Å². The van der Waals surface area contributed by atoms with E-state index in [-0.39, 0.29) is 25.1 Å². The average Bonchev–Trinajstić information content (AvgIpc) is 2.39. The van der Waals surface area contributed by atoms with Gasteiger partial charge in [0.1, 0.15) is 0 Å². The summed E-state index contributed by atoms with van der Waals surface area (Å²) in [4.78, 5) is 32.2. The molecule has 1 amide bonds. The van der Waals surface area contributed by atoms with E-state index in [9.17, 15) is 24.1 Å². The Morgan fingerprint density at radius 1 is 1.40 bits per heavy atom. The van der Waals surface area contributed by atoms with E-state index in [1.807, 2.05) is 0 Å². The molecular weight excluding hydrogens is 271 g/mol. The molecule has 0 heterocycles. The highest BCUT2D eigenvalue weighted by atomic mass is 19.1. The van der Waals surface area contributed by atoms with Gasteiger partial charge in [-0.15, -0.1) is 0 Å². The first-order chi connectivity index (χ1) is 9.43. The minimum atomic E-state index is -0.913. The predicted molar refractivity (Wildman–Crippen MR) is 67.6 cm³/mol. The van der Waals surface area contributed by atoms with Crippen LogP contribution in [0.25, 0.3) is 0 Å². The number of nitrogens with zero attached hydrogens (tertiary/aromatic N) is 1. The van der Waals surface area contributed by atoms with Crippen molar-refractivity contribution in [3.8, 4) is 0 Å². The maximum Gasteiger partial charge on any atom is 0.306 e. The summed E-state index contributed by atoms with van der Waals surface area (Å²) in [6.45, 7) is 1.86. The lowest BCUT2D eigenvalue weighted by Gasteiger charge is -2.06. The number of nitrogens with one attached hydrogen (secondary N) is 1. The van der Waals surface area contributed by atoms with Crippen molar-refractivity contribution in [1.29, 1.82) is 0 Å². The summed E-state index contributed by atoms with van der Waals surface area (Å²) < 4.78 is 18.1. The molecule has 0 fully saturated rings. The molecule has 108 valence electrons. The molecule has 0 aromatic heterocycles. The topological polar surface area (TPSA) is 98.5 Å². The number of ether oxygens (including phenoxy) is 1. The summed E-state index contributed by atoms with van der Waals surface area (Å²) in [6, 6.07) is 2.88. The van der Waals surface area contributed by atoms with E-state index >= 15 is 0 Å². The summed E-state index contributed by atoms with van der Waals surface area (Å²) >= 11 is 0. The smallest absolute Gasteiger partial charge is 0.306 e. The van der Waals surface area contributed by atoms with E-state index in [4.69, 9.17) is 0 Å².